The van der Waals surface area contributed by atoms with E-state index in [0.29, 0.717) is 11.0 Å². The zero-order valence-electron chi connectivity index (χ0n) is 7.35. The summed E-state index contributed by atoms with van der Waals surface area (Å²) in [6.45, 7) is 0. The van der Waals surface area contributed by atoms with E-state index in [1.165, 1.54) is 19.6 Å². The quantitative estimate of drug-likeness (QED) is 0.782. The fourth-order valence-electron chi connectivity index (χ4n) is 1.25. The molecule has 0 saturated carbocycles. The van der Waals surface area contributed by atoms with Crippen LogP contribution in [0.3, 0.4) is 0 Å². The van der Waals surface area contributed by atoms with E-state index in [-0.39, 0.29) is 11.4 Å². The Bertz CT molecular complexity index is 489. The summed E-state index contributed by atoms with van der Waals surface area (Å²) >= 11 is 0. The molecule has 14 heavy (non-hydrogen) atoms. The van der Waals surface area contributed by atoms with Crippen LogP contribution in [0, 0.1) is 0 Å². The zero-order valence-corrected chi connectivity index (χ0v) is 7.35. The van der Waals surface area contributed by atoms with Crippen molar-refractivity contribution in [3.05, 3.63) is 24.1 Å². The van der Waals surface area contributed by atoms with Gasteiger partial charge in [0.2, 0.25) is 0 Å². The molecule has 0 atom stereocenters. The van der Waals surface area contributed by atoms with Crippen molar-refractivity contribution in [3.8, 4) is 5.88 Å². The molecule has 2 aromatic heterocycles. The number of rotatable bonds is 2. The summed E-state index contributed by atoms with van der Waals surface area (Å²) in [6.07, 6.45) is 2.65. The lowest BCUT2D eigenvalue weighted by atomic mass is 10.2. The Morgan fingerprint density at radius 3 is 3.07 bits per heavy atom. The van der Waals surface area contributed by atoms with Gasteiger partial charge in [-0.1, -0.05) is 0 Å². The van der Waals surface area contributed by atoms with Gasteiger partial charge in [0.1, 0.15) is 0 Å². The van der Waals surface area contributed by atoms with Gasteiger partial charge in [-0.3, -0.25) is 0 Å². The molecule has 5 nitrogen and oxygen atoms in total. The Morgan fingerprint density at radius 1 is 1.64 bits per heavy atom. The third-order valence-corrected chi connectivity index (χ3v) is 1.88. The minimum atomic E-state index is -1.04. The fourth-order valence-corrected chi connectivity index (χ4v) is 1.25. The highest BCUT2D eigenvalue weighted by Gasteiger charge is 2.14. The van der Waals surface area contributed by atoms with Crippen LogP contribution >= 0.6 is 0 Å². The number of nitrogens with zero attached hydrogens (tertiary/aromatic N) is 1. The number of hydrogen-bond acceptors (Lipinski definition) is 4. The molecule has 0 amide bonds. The van der Waals surface area contributed by atoms with E-state index < -0.39 is 5.97 Å². The monoisotopic (exact) mass is 193 g/mol. The lowest BCUT2D eigenvalue weighted by molar-refractivity contribution is 0.0698. The van der Waals surface area contributed by atoms with E-state index in [9.17, 15) is 4.79 Å². The van der Waals surface area contributed by atoms with Gasteiger partial charge in [0.15, 0.2) is 5.58 Å². The van der Waals surface area contributed by atoms with Gasteiger partial charge in [0, 0.05) is 11.6 Å². The predicted octanol–water partition coefficient (Wildman–Crippen LogP) is 1.53. The molecule has 0 unspecified atom stereocenters. The van der Waals surface area contributed by atoms with Crippen LogP contribution < -0.4 is 4.74 Å². The van der Waals surface area contributed by atoms with Gasteiger partial charge in [-0.15, -0.1) is 0 Å². The van der Waals surface area contributed by atoms with E-state index in [0.717, 1.165) is 0 Å². The van der Waals surface area contributed by atoms with Crippen molar-refractivity contribution in [2.45, 2.75) is 0 Å². The number of aromatic carboxylic acids is 1. The second-order valence-electron chi connectivity index (χ2n) is 2.65. The molecule has 2 aromatic rings. The number of methoxy groups -OCH3 is 1. The summed E-state index contributed by atoms with van der Waals surface area (Å²) in [5, 5.41) is 9.33. The van der Waals surface area contributed by atoms with Crippen LogP contribution in [0.1, 0.15) is 10.4 Å². The maximum atomic E-state index is 10.8. The third kappa shape index (κ3) is 1.10. The van der Waals surface area contributed by atoms with Gasteiger partial charge in [-0.25, -0.2) is 9.78 Å². The molecule has 5 heteroatoms. The third-order valence-electron chi connectivity index (χ3n) is 1.88. The highest BCUT2D eigenvalue weighted by Crippen LogP contribution is 2.26. The van der Waals surface area contributed by atoms with E-state index in [2.05, 4.69) is 4.98 Å². The number of ether oxygens (including phenoxy) is 1. The maximum absolute atomic E-state index is 10.8. The Kier molecular flexibility index (Phi) is 1.85. The van der Waals surface area contributed by atoms with Gasteiger partial charge in [-0.05, 0) is 6.07 Å². The molecule has 2 rings (SSSR count). The first-order valence-corrected chi connectivity index (χ1v) is 3.87. The molecule has 0 aliphatic rings. The molecular weight excluding hydrogens is 186 g/mol. The second-order valence-corrected chi connectivity index (χ2v) is 2.65. The Labute approximate surface area is 78.9 Å². The van der Waals surface area contributed by atoms with E-state index >= 15 is 0 Å². The first kappa shape index (κ1) is 8.55. The van der Waals surface area contributed by atoms with Crippen LogP contribution in [0.5, 0.6) is 5.88 Å². The summed E-state index contributed by atoms with van der Waals surface area (Å²) in [4.78, 5) is 14.6. The molecule has 0 saturated heterocycles. The summed E-state index contributed by atoms with van der Waals surface area (Å²) in [6, 6.07) is 1.57. The number of furan rings is 1. The van der Waals surface area contributed by atoms with Gasteiger partial charge in [-0.2, -0.15) is 0 Å². The van der Waals surface area contributed by atoms with Crippen LogP contribution in [0.4, 0.5) is 0 Å². The molecule has 0 aliphatic carbocycles. The highest BCUT2D eigenvalue weighted by molar-refractivity contribution is 6.02. The topological polar surface area (TPSA) is 72.6 Å². The van der Waals surface area contributed by atoms with E-state index in [1.54, 1.807) is 6.07 Å². The van der Waals surface area contributed by atoms with Crippen molar-refractivity contribution >= 4 is 16.9 Å². The fraction of sp³-hybridized carbons (Fsp3) is 0.111. The van der Waals surface area contributed by atoms with Gasteiger partial charge in [0.25, 0.3) is 5.88 Å². The lowest BCUT2D eigenvalue weighted by Crippen LogP contribution is -1.99. The Hall–Kier alpha value is -2.04. The van der Waals surface area contributed by atoms with Gasteiger partial charge < -0.3 is 14.3 Å². The zero-order chi connectivity index (χ0) is 10.1. The first-order chi connectivity index (χ1) is 6.74. The van der Waals surface area contributed by atoms with Crippen molar-refractivity contribution in [3.63, 3.8) is 0 Å². The number of aromatic nitrogens is 1. The molecule has 1 N–H and O–H groups in total. The second kappa shape index (κ2) is 3.02. The van der Waals surface area contributed by atoms with Crippen molar-refractivity contribution in [1.29, 1.82) is 0 Å². The Balaban J connectivity index is 2.78. The molecule has 0 fully saturated rings. The van der Waals surface area contributed by atoms with Crippen LogP contribution in [0.2, 0.25) is 0 Å². The van der Waals surface area contributed by atoms with Crippen molar-refractivity contribution in [2.75, 3.05) is 7.11 Å². The van der Waals surface area contributed by atoms with Crippen LogP contribution in [-0.2, 0) is 0 Å². The number of carboxylic acids is 1. The number of hydrogen-bond donors (Lipinski definition) is 1. The van der Waals surface area contributed by atoms with Crippen LogP contribution in [0.25, 0.3) is 11.0 Å². The number of carboxylic acid groups (broad SMARTS) is 1. The molecule has 0 bridgehead atoms. The minimum Gasteiger partial charge on any atom is -0.478 e. The van der Waals surface area contributed by atoms with Gasteiger partial charge in [0.05, 0.1) is 18.9 Å². The number of fused-ring (bicyclic) bond motifs is 1. The summed E-state index contributed by atoms with van der Waals surface area (Å²) in [5.74, 6) is -0.749. The summed E-state index contributed by atoms with van der Waals surface area (Å²) < 4.78 is 10.0. The largest absolute Gasteiger partial charge is 0.478 e. The van der Waals surface area contributed by atoms with Gasteiger partial charge >= 0.3 is 5.97 Å². The maximum Gasteiger partial charge on any atom is 0.338 e. The van der Waals surface area contributed by atoms with Crippen molar-refractivity contribution in [1.82, 2.24) is 4.98 Å². The molecule has 0 spiro atoms. The number of pyridine rings is 1. The molecule has 0 radical (unpaired) electrons. The summed E-state index contributed by atoms with van der Waals surface area (Å²) in [5.41, 5.74) is 0.460. The van der Waals surface area contributed by atoms with Crippen molar-refractivity contribution < 1.29 is 19.1 Å². The van der Waals surface area contributed by atoms with Crippen LogP contribution in [-0.4, -0.2) is 23.2 Å². The standard InChI is InChI=1S/C9H7NO4/c1-13-8-7-5(2-3-14-7)6(4-10-8)9(11)12/h2-4H,1H3,(H,11,12). The first-order valence-electron chi connectivity index (χ1n) is 3.87. The predicted molar refractivity (Wildman–Crippen MR) is 47.5 cm³/mol. The van der Waals surface area contributed by atoms with E-state index in [1.807, 2.05) is 0 Å². The molecule has 2 heterocycles. The van der Waals surface area contributed by atoms with Crippen LogP contribution in [0.15, 0.2) is 22.9 Å². The Morgan fingerprint density at radius 2 is 2.43 bits per heavy atom. The molecular formula is C9H7NO4. The smallest absolute Gasteiger partial charge is 0.338 e. The van der Waals surface area contributed by atoms with E-state index in [4.69, 9.17) is 14.3 Å². The normalized spacial score (nSPS) is 10.4. The molecule has 72 valence electrons. The SMILES string of the molecule is COc1ncc(C(=O)O)c2ccoc12. The average Bonchev–Trinajstić information content (AvgIpc) is 2.64. The van der Waals surface area contributed by atoms with Crippen molar-refractivity contribution in [2.24, 2.45) is 0 Å². The molecule has 0 aromatic carbocycles. The lowest BCUT2D eigenvalue weighted by Gasteiger charge is -2.00. The number of carbonyl (C=O) groups is 1. The summed E-state index contributed by atoms with van der Waals surface area (Å²) in [7, 11) is 1.45. The minimum absolute atomic E-state index is 0.106. The highest BCUT2D eigenvalue weighted by atomic mass is 16.5. The molecule has 0 aliphatic heterocycles. The average molecular weight is 193 g/mol.